The van der Waals surface area contributed by atoms with Gasteiger partial charge in [0.25, 0.3) is 0 Å². The van der Waals surface area contributed by atoms with E-state index >= 15 is 0 Å². The minimum absolute atomic E-state index is 0. The van der Waals surface area contributed by atoms with E-state index in [0.29, 0.717) is 26.1 Å². The van der Waals surface area contributed by atoms with Crippen LogP contribution in [0, 0.1) is 0 Å². The summed E-state index contributed by atoms with van der Waals surface area (Å²) in [4.78, 5) is 0.181. The van der Waals surface area contributed by atoms with Crippen LogP contribution in [0.4, 0.5) is 0 Å². The maximum atomic E-state index is 12.8. The van der Waals surface area contributed by atoms with Crippen molar-refractivity contribution in [2.75, 3.05) is 33.4 Å². The van der Waals surface area contributed by atoms with Crippen LogP contribution in [0.25, 0.3) is 0 Å². The smallest absolute Gasteiger partial charge is 0.246 e. The quantitative estimate of drug-likeness (QED) is 0.659. The number of nitrogens with zero attached hydrogens (tertiary/aromatic N) is 3. The topological polar surface area (TPSA) is 90.5 Å². The molecule has 0 spiro atoms. The van der Waals surface area contributed by atoms with Crippen LogP contribution < -0.4 is 5.73 Å². The molecule has 0 unspecified atom stereocenters. The Morgan fingerprint density at radius 2 is 1.96 bits per heavy atom. The molecule has 0 saturated carbocycles. The van der Waals surface area contributed by atoms with E-state index in [-0.39, 0.29) is 30.4 Å². The number of ether oxygens (including phenoxy) is 1. The standard InChI is InChI=1S/C16H24N4O3S.ClH/c1-23-12-11-19-14-16(13-18-19)24(21,22)20(10-8-17)9-7-15-5-3-2-4-6-15;/h2-6,13-14H,7-12,17H2,1H3;1H. The molecule has 2 aromatic rings. The third-order valence-electron chi connectivity index (χ3n) is 3.64. The molecule has 25 heavy (non-hydrogen) atoms. The van der Waals surface area contributed by atoms with Crippen molar-refractivity contribution in [2.45, 2.75) is 17.9 Å². The average molecular weight is 389 g/mol. The van der Waals surface area contributed by atoms with Crippen LogP contribution in [0.1, 0.15) is 5.56 Å². The largest absolute Gasteiger partial charge is 0.383 e. The Morgan fingerprint density at radius 3 is 2.60 bits per heavy atom. The Balaban J connectivity index is 0.00000312. The second-order valence-corrected chi connectivity index (χ2v) is 7.30. The van der Waals surface area contributed by atoms with Gasteiger partial charge in [0.05, 0.1) is 19.3 Å². The normalized spacial score (nSPS) is 11.5. The first-order chi connectivity index (χ1) is 11.6. The molecule has 0 amide bonds. The van der Waals surface area contributed by atoms with Gasteiger partial charge in [-0.15, -0.1) is 12.4 Å². The summed E-state index contributed by atoms with van der Waals surface area (Å²) in [6.07, 6.45) is 3.54. The molecule has 0 aliphatic rings. The van der Waals surface area contributed by atoms with Crippen molar-refractivity contribution in [3.8, 4) is 0 Å². The number of aromatic nitrogens is 2. The van der Waals surface area contributed by atoms with Gasteiger partial charge in [-0.2, -0.15) is 9.40 Å². The van der Waals surface area contributed by atoms with E-state index in [1.165, 1.54) is 16.7 Å². The number of sulfonamides is 1. The van der Waals surface area contributed by atoms with Gasteiger partial charge < -0.3 is 10.5 Å². The summed E-state index contributed by atoms with van der Waals surface area (Å²) >= 11 is 0. The van der Waals surface area contributed by atoms with E-state index in [1.54, 1.807) is 11.8 Å². The van der Waals surface area contributed by atoms with E-state index in [1.807, 2.05) is 30.3 Å². The molecule has 2 N–H and O–H groups in total. The lowest BCUT2D eigenvalue weighted by atomic mass is 10.1. The molecule has 0 bridgehead atoms. The van der Waals surface area contributed by atoms with E-state index in [4.69, 9.17) is 10.5 Å². The molecular weight excluding hydrogens is 364 g/mol. The van der Waals surface area contributed by atoms with Gasteiger partial charge in [-0.05, 0) is 12.0 Å². The van der Waals surface area contributed by atoms with Crippen molar-refractivity contribution in [3.63, 3.8) is 0 Å². The Kier molecular flexibility index (Phi) is 9.09. The van der Waals surface area contributed by atoms with Crippen molar-refractivity contribution in [1.82, 2.24) is 14.1 Å². The lowest BCUT2D eigenvalue weighted by Crippen LogP contribution is -2.36. The molecule has 1 aromatic carbocycles. The van der Waals surface area contributed by atoms with Gasteiger partial charge in [0.15, 0.2) is 0 Å². The highest BCUT2D eigenvalue weighted by Crippen LogP contribution is 2.15. The third-order valence-corrected chi connectivity index (χ3v) is 5.49. The van der Waals surface area contributed by atoms with Gasteiger partial charge in [0, 0.05) is 32.9 Å². The molecule has 7 nitrogen and oxygen atoms in total. The monoisotopic (exact) mass is 388 g/mol. The molecule has 0 atom stereocenters. The molecule has 2 rings (SSSR count). The van der Waals surface area contributed by atoms with Crippen LogP contribution in [0.5, 0.6) is 0 Å². The first kappa shape index (κ1) is 21.6. The number of benzene rings is 1. The van der Waals surface area contributed by atoms with Crippen LogP contribution in [0.2, 0.25) is 0 Å². The summed E-state index contributed by atoms with van der Waals surface area (Å²) in [5.74, 6) is 0. The highest BCUT2D eigenvalue weighted by atomic mass is 35.5. The number of halogens is 1. The number of nitrogens with two attached hydrogens (primary N) is 1. The van der Waals surface area contributed by atoms with Crippen LogP contribution >= 0.6 is 12.4 Å². The van der Waals surface area contributed by atoms with E-state index in [9.17, 15) is 8.42 Å². The predicted octanol–water partition coefficient (Wildman–Crippen LogP) is 1.14. The Hall–Kier alpha value is -1.45. The maximum Gasteiger partial charge on any atom is 0.246 e. The molecule has 0 radical (unpaired) electrons. The Bertz CT molecular complexity index is 722. The zero-order valence-corrected chi connectivity index (χ0v) is 15.9. The lowest BCUT2D eigenvalue weighted by molar-refractivity contribution is 0.183. The third kappa shape index (κ3) is 6.09. The van der Waals surface area contributed by atoms with Crippen molar-refractivity contribution >= 4 is 22.4 Å². The van der Waals surface area contributed by atoms with Crippen molar-refractivity contribution in [3.05, 3.63) is 48.3 Å². The summed E-state index contributed by atoms with van der Waals surface area (Å²) in [6.45, 7) is 1.91. The van der Waals surface area contributed by atoms with Gasteiger partial charge in [0.1, 0.15) is 4.90 Å². The highest BCUT2D eigenvalue weighted by molar-refractivity contribution is 7.89. The zero-order chi connectivity index (χ0) is 17.4. The molecule has 1 heterocycles. The van der Waals surface area contributed by atoms with Crippen molar-refractivity contribution in [1.29, 1.82) is 0 Å². The van der Waals surface area contributed by atoms with Gasteiger partial charge in [0.2, 0.25) is 10.0 Å². The second kappa shape index (κ2) is 10.5. The molecular formula is C16H25ClN4O3S. The summed E-state index contributed by atoms with van der Waals surface area (Å²) in [6, 6.07) is 9.78. The fourth-order valence-corrected chi connectivity index (χ4v) is 3.74. The number of methoxy groups -OCH3 is 1. The summed E-state index contributed by atoms with van der Waals surface area (Å²) in [7, 11) is -2.02. The lowest BCUT2D eigenvalue weighted by Gasteiger charge is -2.20. The fraction of sp³-hybridized carbons (Fsp3) is 0.438. The summed E-state index contributed by atoms with van der Waals surface area (Å²) in [5, 5.41) is 4.08. The number of hydrogen-bond acceptors (Lipinski definition) is 5. The fourth-order valence-electron chi connectivity index (χ4n) is 2.33. The molecule has 140 valence electrons. The van der Waals surface area contributed by atoms with Gasteiger partial charge in [-0.25, -0.2) is 8.42 Å². The molecule has 1 aromatic heterocycles. The summed E-state index contributed by atoms with van der Waals surface area (Å²) < 4.78 is 33.6. The Labute approximate surface area is 155 Å². The van der Waals surface area contributed by atoms with Gasteiger partial charge >= 0.3 is 0 Å². The molecule has 0 aliphatic carbocycles. The first-order valence-electron chi connectivity index (χ1n) is 7.83. The van der Waals surface area contributed by atoms with Crippen LogP contribution in [0.15, 0.2) is 47.6 Å². The maximum absolute atomic E-state index is 12.8. The number of hydrogen-bond donors (Lipinski definition) is 1. The molecule has 9 heteroatoms. The minimum Gasteiger partial charge on any atom is -0.383 e. The first-order valence-corrected chi connectivity index (χ1v) is 9.27. The van der Waals surface area contributed by atoms with Gasteiger partial charge in [-0.3, -0.25) is 4.68 Å². The Morgan fingerprint density at radius 1 is 1.24 bits per heavy atom. The molecule has 0 fully saturated rings. The predicted molar refractivity (Wildman–Crippen MR) is 99.3 cm³/mol. The summed E-state index contributed by atoms with van der Waals surface area (Å²) in [5.41, 5.74) is 6.69. The van der Waals surface area contributed by atoms with E-state index in [0.717, 1.165) is 5.56 Å². The van der Waals surface area contributed by atoms with Crippen molar-refractivity contribution < 1.29 is 13.2 Å². The molecule has 0 aliphatic heterocycles. The number of rotatable bonds is 10. The van der Waals surface area contributed by atoms with Crippen LogP contribution in [-0.2, 0) is 27.7 Å². The molecule has 0 saturated heterocycles. The zero-order valence-electron chi connectivity index (χ0n) is 14.2. The second-order valence-electron chi connectivity index (χ2n) is 5.36. The van der Waals surface area contributed by atoms with Crippen molar-refractivity contribution in [2.24, 2.45) is 5.73 Å². The average Bonchev–Trinajstić information content (AvgIpc) is 3.07. The van der Waals surface area contributed by atoms with Crippen LogP contribution in [-0.4, -0.2) is 55.9 Å². The van der Waals surface area contributed by atoms with Gasteiger partial charge in [-0.1, -0.05) is 30.3 Å². The highest BCUT2D eigenvalue weighted by Gasteiger charge is 2.25. The van der Waals surface area contributed by atoms with Crippen LogP contribution in [0.3, 0.4) is 0 Å². The minimum atomic E-state index is -3.61. The van der Waals surface area contributed by atoms with E-state index in [2.05, 4.69) is 5.10 Å². The SMILES string of the molecule is COCCn1cc(S(=O)(=O)N(CCN)CCc2ccccc2)cn1.Cl. The van der Waals surface area contributed by atoms with E-state index < -0.39 is 10.0 Å².